The van der Waals surface area contributed by atoms with Crippen LogP contribution in [0.2, 0.25) is 0 Å². The van der Waals surface area contributed by atoms with Crippen LogP contribution in [0.4, 0.5) is 0 Å². The number of nitrogens with zero attached hydrogens (tertiary/aromatic N) is 1. The lowest BCUT2D eigenvalue weighted by Gasteiger charge is -2.18. The molecule has 9 heteroatoms. The predicted molar refractivity (Wildman–Crippen MR) is 135 cm³/mol. The van der Waals surface area contributed by atoms with Crippen molar-refractivity contribution in [3.8, 4) is 23.0 Å². The third kappa shape index (κ3) is 7.65. The van der Waals surface area contributed by atoms with Crippen LogP contribution in [-0.4, -0.2) is 71.3 Å². The van der Waals surface area contributed by atoms with Crippen LogP contribution in [0.5, 0.6) is 23.0 Å². The van der Waals surface area contributed by atoms with Crippen LogP contribution >= 0.6 is 0 Å². The van der Waals surface area contributed by atoms with E-state index in [1.165, 1.54) is 33.5 Å². The van der Waals surface area contributed by atoms with Gasteiger partial charge in [-0.1, -0.05) is 26.0 Å². The van der Waals surface area contributed by atoms with Crippen LogP contribution in [-0.2, 0) is 4.79 Å². The Kier molecular flexibility index (Phi) is 10.9. The highest BCUT2D eigenvalue weighted by Crippen LogP contribution is 2.38. The molecule has 2 amide bonds. The molecule has 35 heavy (non-hydrogen) atoms. The summed E-state index contributed by atoms with van der Waals surface area (Å²) in [6, 6.07) is 10.2. The largest absolute Gasteiger partial charge is 0.497 e. The van der Waals surface area contributed by atoms with Gasteiger partial charge >= 0.3 is 0 Å². The van der Waals surface area contributed by atoms with Crippen molar-refractivity contribution < 1.29 is 28.5 Å². The Balaban J connectivity index is 2.32. The molecule has 0 heterocycles. The molecule has 0 spiro atoms. The Hall–Kier alpha value is -3.72. The van der Waals surface area contributed by atoms with Gasteiger partial charge in [-0.25, -0.2) is 0 Å². The molecule has 0 aromatic heterocycles. The van der Waals surface area contributed by atoms with E-state index in [0.717, 1.165) is 18.7 Å². The smallest absolute Gasteiger partial charge is 0.267 e. The molecular weight excluding hydrogens is 450 g/mol. The van der Waals surface area contributed by atoms with Crippen LogP contribution in [0, 0.1) is 0 Å². The summed E-state index contributed by atoms with van der Waals surface area (Å²) in [7, 11) is 6.00. The first-order valence-electron chi connectivity index (χ1n) is 11.4. The number of amides is 2. The second kappa shape index (κ2) is 13.9. The van der Waals surface area contributed by atoms with Crippen LogP contribution < -0.4 is 29.6 Å². The average Bonchev–Trinajstić information content (AvgIpc) is 2.89. The van der Waals surface area contributed by atoms with Crippen LogP contribution in [0.3, 0.4) is 0 Å². The zero-order chi connectivity index (χ0) is 25.8. The fourth-order valence-electron chi connectivity index (χ4n) is 3.39. The van der Waals surface area contributed by atoms with Gasteiger partial charge < -0.3 is 34.5 Å². The van der Waals surface area contributed by atoms with E-state index in [4.69, 9.17) is 18.9 Å². The van der Waals surface area contributed by atoms with Crippen molar-refractivity contribution in [2.24, 2.45) is 0 Å². The minimum atomic E-state index is -0.497. The van der Waals surface area contributed by atoms with E-state index in [1.807, 2.05) is 0 Å². The van der Waals surface area contributed by atoms with Gasteiger partial charge in [0.1, 0.15) is 11.4 Å². The summed E-state index contributed by atoms with van der Waals surface area (Å²) in [4.78, 5) is 28.4. The van der Waals surface area contributed by atoms with Gasteiger partial charge in [0.05, 0.1) is 28.4 Å². The summed E-state index contributed by atoms with van der Waals surface area (Å²) in [6.45, 7) is 7.06. The zero-order valence-corrected chi connectivity index (χ0v) is 21.3. The van der Waals surface area contributed by atoms with Gasteiger partial charge in [0.15, 0.2) is 11.5 Å². The molecule has 0 fully saturated rings. The number of nitrogens with one attached hydrogen (secondary N) is 2. The topological polar surface area (TPSA) is 98.4 Å². The van der Waals surface area contributed by atoms with Crippen LogP contribution in [0.15, 0.2) is 42.1 Å². The minimum absolute atomic E-state index is 0.105. The van der Waals surface area contributed by atoms with E-state index in [-0.39, 0.29) is 11.3 Å². The number of carbonyl (C=O) groups is 2. The Bertz CT molecular complexity index is 991. The van der Waals surface area contributed by atoms with Crippen molar-refractivity contribution in [2.45, 2.75) is 13.8 Å². The summed E-state index contributed by atoms with van der Waals surface area (Å²) >= 11 is 0. The standard InChI is InChI=1S/C26H35N3O6/c1-7-29(8-2)14-13-27-26(31)21(15-18-9-11-20(32-3)12-10-18)28-25(30)19-16-22(33-4)24(35-6)23(17-19)34-5/h9-12,15-17H,7-8,13-14H2,1-6H3,(H,27,31)(H,28,30)/b21-15-. The predicted octanol–water partition coefficient (Wildman–Crippen LogP) is 2.95. The van der Waals surface area contributed by atoms with Crippen molar-refractivity contribution in [3.63, 3.8) is 0 Å². The number of methoxy groups -OCH3 is 4. The highest BCUT2D eigenvalue weighted by Gasteiger charge is 2.20. The fraction of sp³-hybridized carbons (Fsp3) is 0.385. The maximum absolute atomic E-state index is 13.1. The first kappa shape index (κ1) is 27.5. The number of rotatable bonds is 13. The molecule has 2 aromatic carbocycles. The molecule has 0 radical (unpaired) electrons. The van der Waals surface area contributed by atoms with Gasteiger partial charge in [-0.15, -0.1) is 0 Å². The Morgan fingerprint density at radius 2 is 1.49 bits per heavy atom. The lowest BCUT2D eigenvalue weighted by atomic mass is 10.1. The lowest BCUT2D eigenvalue weighted by molar-refractivity contribution is -0.117. The quantitative estimate of drug-likeness (QED) is 0.421. The van der Waals surface area contributed by atoms with E-state index in [0.29, 0.717) is 36.1 Å². The molecule has 0 saturated heterocycles. The minimum Gasteiger partial charge on any atom is -0.497 e. The molecule has 2 aromatic rings. The van der Waals surface area contributed by atoms with Gasteiger partial charge in [0, 0.05) is 18.7 Å². The molecule has 0 unspecified atom stereocenters. The number of hydrogen-bond acceptors (Lipinski definition) is 7. The zero-order valence-electron chi connectivity index (χ0n) is 21.3. The number of benzene rings is 2. The molecule has 0 bridgehead atoms. The first-order valence-corrected chi connectivity index (χ1v) is 11.4. The van der Waals surface area contributed by atoms with E-state index in [1.54, 1.807) is 37.5 Å². The summed E-state index contributed by atoms with van der Waals surface area (Å²) in [5.41, 5.74) is 1.08. The maximum atomic E-state index is 13.1. The van der Waals surface area contributed by atoms with Crippen LogP contribution in [0.25, 0.3) is 6.08 Å². The number of carbonyl (C=O) groups excluding carboxylic acids is 2. The van der Waals surface area contributed by atoms with Gasteiger partial charge in [0.25, 0.3) is 11.8 Å². The molecular formula is C26H35N3O6. The molecule has 2 N–H and O–H groups in total. The summed E-state index contributed by atoms with van der Waals surface area (Å²) in [5, 5.41) is 5.62. The lowest BCUT2D eigenvalue weighted by Crippen LogP contribution is -2.39. The summed E-state index contributed by atoms with van der Waals surface area (Å²) < 4.78 is 21.2. The van der Waals surface area contributed by atoms with Crippen molar-refractivity contribution in [2.75, 3.05) is 54.6 Å². The third-order valence-electron chi connectivity index (χ3n) is 5.45. The Morgan fingerprint density at radius 3 is 1.97 bits per heavy atom. The van der Waals surface area contributed by atoms with Crippen molar-refractivity contribution in [1.82, 2.24) is 15.5 Å². The van der Waals surface area contributed by atoms with E-state index in [9.17, 15) is 9.59 Å². The highest BCUT2D eigenvalue weighted by molar-refractivity contribution is 6.05. The van der Waals surface area contributed by atoms with Crippen molar-refractivity contribution in [1.29, 1.82) is 0 Å². The average molecular weight is 486 g/mol. The molecule has 0 aliphatic rings. The van der Waals surface area contributed by atoms with Gasteiger partial charge in [-0.05, 0) is 49.0 Å². The van der Waals surface area contributed by atoms with Gasteiger partial charge in [-0.3, -0.25) is 9.59 Å². The van der Waals surface area contributed by atoms with Crippen molar-refractivity contribution >= 4 is 17.9 Å². The number of likely N-dealkylation sites (N-methyl/N-ethyl adjacent to an activating group) is 1. The van der Waals surface area contributed by atoms with E-state index in [2.05, 4.69) is 29.4 Å². The highest BCUT2D eigenvalue weighted by atomic mass is 16.5. The molecule has 0 aliphatic carbocycles. The maximum Gasteiger partial charge on any atom is 0.267 e. The molecule has 9 nitrogen and oxygen atoms in total. The van der Waals surface area contributed by atoms with Gasteiger partial charge in [-0.2, -0.15) is 0 Å². The molecule has 0 aliphatic heterocycles. The third-order valence-corrected chi connectivity index (χ3v) is 5.45. The molecule has 2 rings (SSSR count). The number of ether oxygens (including phenoxy) is 4. The fourth-order valence-corrected chi connectivity index (χ4v) is 3.39. The second-order valence-corrected chi connectivity index (χ2v) is 7.48. The van der Waals surface area contributed by atoms with E-state index >= 15 is 0 Å². The monoisotopic (exact) mass is 485 g/mol. The molecule has 190 valence electrons. The SMILES string of the molecule is CCN(CC)CCNC(=O)/C(=C/c1ccc(OC)cc1)NC(=O)c1cc(OC)c(OC)c(OC)c1. The van der Waals surface area contributed by atoms with Gasteiger partial charge in [0.2, 0.25) is 5.75 Å². The van der Waals surface area contributed by atoms with Crippen molar-refractivity contribution in [3.05, 3.63) is 53.2 Å². The van der Waals surface area contributed by atoms with Crippen LogP contribution in [0.1, 0.15) is 29.8 Å². The van der Waals surface area contributed by atoms with E-state index < -0.39 is 11.8 Å². The Morgan fingerprint density at radius 1 is 0.886 bits per heavy atom. The second-order valence-electron chi connectivity index (χ2n) is 7.48. The molecule has 0 atom stereocenters. The Labute approximate surface area is 207 Å². The summed E-state index contributed by atoms with van der Waals surface area (Å²) in [5.74, 6) is 0.836. The number of hydrogen-bond donors (Lipinski definition) is 2. The summed E-state index contributed by atoms with van der Waals surface area (Å²) in [6.07, 6.45) is 1.61. The first-order chi connectivity index (χ1) is 16.9. The molecule has 0 saturated carbocycles. The normalized spacial score (nSPS) is 11.1.